The summed E-state index contributed by atoms with van der Waals surface area (Å²) in [6.07, 6.45) is 2.36. The summed E-state index contributed by atoms with van der Waals surface area (Å²) in [4.78, 5) is 46.6. The third-order valence-electron chi connectivity index (χ3n) is 4.85. The molecule has 8 heteroatoms. The Labute approximate surface area is 158 Å². The first-order chi connectivity index (χ1) is 12.6. The van der Waals surface area contributed by atoms with Crippen molar-refractivity contribution in [2.75, 3.05) is 26.2 Å². The fraction of sp³-hybridized carbons (Fsp3) is 0.579. The van der Waals surface area contributed by atoms with Gasteiger partial charge in [-0.05, 0) is 12.0 Å². The van der Waals surface area contributed by atoms with E-state index in [-0.39, 0.29) is 30.0 Å². The Morgan fingerprint density at radius 1 is 1.33 bits per heavy atom. The number of carbonyl (C=O) groups excluding carboxylic acids is 3. The first-order valence-corrected chi connectivity index (χ1v) is 9.11. The third kappa shape index (κ3) is 3.65. The molecule has 1 aromatic rings. The van der Waals surface area contributed by atoms with Crippen LogP contribution in [0, 0.1) is 17.2 Å². The van der Waals surface area contributed by atoms with E-state index in [9.17, 15) is 18.8 Å². The molecule has 0 bridgehead atoms. The van der Waals surface area contributed by atoms with Crippen molar-refractivity contribution < 1.29 is 18.8 Å². The van der Waals surface area contributed by atoms with Crippen molar-refractivity contribution in [3.8, 4) is 0 Å². The van der Waals surface area contributed by atoms with Gasteiger partial charge in [-0.2, -0.15) is 0 Å². The molecule has 2 aliphatic heterocycles. The number of rotatable bonds is 3. The summed E-state index contributed by atoms with van der Waals surface area (Å²) in [5, 5.41) is 0. The van der Waals surface area contributed by atoms with Crippen molar-refractivity contribution in [3.63, 3.8) is 0 Å². The highest BCUT2D eigenvalue weighted by Crippen LogP contribution is 2.31. The number of imide groups is 1. The van der Waals surface area contributed by atoms with E-state index in [1.54, 1.807) is 4.90 Å². The van der Waals surface area contributed by atoms with Gasteiger partial charge >= 0.3 is 6.03 Å². The first-order valence-electron chi connectivity index (χ1n) is 9.11. The van der Waals surface area contributed by atoms with Gasteiger partial charge in [0.2, 0.25) is 0 Å². The average Bonchev–Trinajstić information content (AvgIpc) is 2.72. The lowest BCUT2D eigenvalue weighted by Crippen LogP contribution is -2.44. The lowest BCUT2D eigenvalue weighted by molar-refractivity contribution is -0.128. The Hall–Kier alpha value is -2.51. The topological polar surface area (TPSA) is 73.8 Å². The molecular weight excluding hydrogens is 351 g/mol. The van der Waals surface area contributed by atoms with Crippen LogP contribution in [0.25, 0.3) is 0 Å². The minimum Gasteiger partial charge on any atom is -0.335 e. The summed E-state index contributed by atoms with van der Waals surface area (Å²) in [5.74, 6) is -1.33. The summed E-state index contributed by atoms with van der Waals surface area (Å²) in [6.45, 7) is 8.83. The maximum absolute atomic E-state index is 14.1. The normalized spacial score (nSPS) is 22.3. The van der Waals surface area contributed by atoms with Crippen molar-refractivity contribution in [3.05, 3.63) is 29.8 Å². The van der Waals surface area contributed by atoms with E-state index in [1.807, 2.05) is 27.7 Å². The van der Waals surface area contributed by atoms with Crippen LogP contribution in [0.1, 0.15) is 38.1 Å². The summed E-state index contributed by atoms with van der Waals surface area (Å²) in [5.41, 5.74) is -0.511. The fourth-order valence-corrected chi connectivity index (χ4v) is 3.76. The predicted molar refractivity (Wildman–Crippen MR) is 96.3 cm³/mol. The van der Waals surface area contributed by atoms with Gasteiger partial charge in [0.1, 0.15) is 6.04 Å². The Morgan fingerprint density at radius 2 is 2.04 bits per heavy atom. The van der Waals surface area contributed by atoms with Gasteiger partial charge in [0.25, 0.3) is 11.8 Å². The predicted octanol–water partition coefficient (Wildman–Crippen LogP) is 1.99. The molecule has 1 aromatic heterocycles. The molecule has 1 unspecified atom stereocenters. The Kier molecular flexibility index (Phi) is 4.92. The number of fused-ring (bicyclic) bond motifs is 1. The number of amides is 4. The molecule has 0 N–H and O–H groups in total. The quantitative estimate of drug-likeness (QED) is 0.757. The third-order valence-corrected chi connectivity index (χ3v) is 4.85. The molecule has 0 saturated carbocycles. The summed E-state index contributed by atoms with van der Waals surface area (Å²) in [6, 6.07) is 0.294. The van der Waals surface area contributed by atoms with Crippen molar-refractivity contribution in [1.82, 2.24) is 19.7 Å². The molecule has 146 valence electrons. The van der Waals surface area contributed by atoms with E-state index in [0.717, 1.165) is 6.20 Å². The van der Waals surface area contributed by atoms with Crippen LogP contribution in [-0.4, -0.2) is 69.8 Å². The molecule has 0 spiro atoms. The number of urea groups is 1. The van der Waals surface area contributed by atoms with Crippen LogP contribution in [0.4, 0.5) is 9.18 Å². The molecular formula is C19H25FN4O3. The van der Waals surface area contributed by atoms with E-state index < -0.39 is 23.2 Å². The zero-order chi connectivity index (χ0) is 19.9. The molecule has 2 saturated heterocycles. The van der Waals surface area contributed by atoms with E-state index in [0.29, 0.717) is 19.6 Å². The lowest BCUT2D eigenvalue weighted by Gasteiger charge is -2.31. The SMILES string of the molecule is CC(C)CN1C(=O)C2CN(C(=O)c3ccncc3F)CC(C)(C)CN2C1=O. The molecule has 0 aromatic carbocycles. The molecule has 1 atom stereocenters. The van der Waals surface area contributed by atoms with E-state index >= 15 is 0 Å². The van der Waals surface area contributed by atoms with E-state index in [1.165, 1.54) is 22.1 Å². The number of hydrogen-bond acceptors (Lipinski definition) is 4. The molecule has 3 rings (SSSR count). The van der Waals surface area contributed by atoms with Crippen LogP contribution in [0.15, 0.2) is 18.5 Å². The van der Waals surface area contributed by atoms with Crippen LogP contribution in [-0.2, 0) is 4.79 Å². The minimum absolute atomic E-state index is 0.0587. The van der Waals surface area contributed by atoms with Gasteiger partial charge in [-0.1, -0.05) is 27.7 Å². The van der Waals surface area contributed by atoms with Crippen LogP contribution in [0.5, 0.6) is 0 Å². The lowest BCUT2D eigenvalue weighted by atomic mass is 9.92. The highest BCUT2D eigenvalue weighted by atomic mass is 19.1. The van der Waals surface area contributed by atoms with Gasteiger partial charge in [-0.25, -0.2) is 9.18 Å². The van der Waals surface area contributed by atoms with Crippen molar-refractivity contribution in [2.45, 2.75) is 33.7 Å². The first kappa shape index (κ1) is 19.3. The van der Waals surface area contributed by atoms with Crippen molar-refractivity contribution >= 4 is 17.8 Å². The molecule has 2 aliphatic rings. The van der Waals surface area contributed by atoms with Crippen molar-refractivity contribution in [2.24, 2.45) is 11.3 Å². The molecule has 0 radical (unpaired) electrons. The molecule has 0 aliphatic carbocycles. The molecule has 4 amide bonds. The maximum Gasteiger partial charge on any atom is 0.327 e. The largest absolute Gasteiger partial charge is 0.335 e. The standard InChI is InChI=1S/C19H25FN4O3/c1-12(2)8-23-17(26)15-9-22(10-19(3,4)11-24(15)18(23)27)16(25)13-5-6-21-7-14(13)20/h5-7,12,15H,8-11H2,1-4H3. The van der Waals surface area contributed by atoms with Crippen LogP contribution in [0.2, 0.25) is 0 Å². The molecule has 7 nitrogen and oxygen atoms in total. The van der Waals surface area contributed by atoms with E-state index in [2.05, 4.69) is 4.98 Å². The highest BCUT2D eigenvalue weighted by molar-refractivity contribution is 6.05. The molecule has 27 heavy (non-hydrogen) atoms. The van der Waals surface area contributed by atoms with Crippen LogP contribution >= 0.6 is 0 Å². The Morgan fingerprint density at radius 3 is 2.67 bits per heavy atom. The maximum atomic E-state index is 14.1. The fourth-order valence-electron chi connectivity index (χ4n) is 3.76. The summed E-state index contributed by atoms with van der Waals surface area (Å²) in [7, 11) is 0. The highest BCUT2D eigenvalue weighted by Gasteiger charge is 2.50. The number of hydrogen-bond donors (Lipinski definition) is 0. The second-order valence-corrected chi connectivity index (χ2v) is 8.47. The smallest absolute Gasteiger partial charge is 0.327 e. The van der Waals surface area contributed by atoms with Crippen molar-refractivity contribution in [1.29, 1.82) is 0 Å². The van der Waals surface area contributed by atoms with Gasteiger partial charge < -0.3 is 9.80 Å². The average molecular weight is 376 g/mol. The number of aromatic nitrogens is 1. The number of carbonyl (C=O) groups is 3. The molecule has 2 fully saturated rings. The second kappa shape index (κ2) is 6.90. The monoisotopic (exact) mass is 376 g/mol. The zero-order valence-corrected chi connectivity index (χ0v) is 16.1. The number of pyridine rings is 1. The van der Waals surface area contributed by atoms with Gasteiger partial charge in [-0.3, -0.25) is 19.5 Å². The van der Waals surface area contributed by atoms with Gasteiger partial charge in [0.15, 0.2) is 5.82 Å². The summed E-state index contributed by atoms with van der Waals surface area (Å²) < 4.78 is 14.1. The van der Waals surface area contributed by atoms with Gasteiger partial charge in [0, 0.05) is 31.2 Å². The Balaban J connectivity index is 1.92. The van der Waals surface area contributed by atoms with E-state index in [4.69, 9.17) is 0 Å². The minimum atomic E-state index is -0.730. The van der Waals surface area contributed by atoms with Crippen LogP contribution < -0.4 is 0 Å². The van der Waals surface area contributed by atoms with Crippen LogP contribution in [0.3, 0.4) is 0 Å². The number of nitrogens with zero attached hydrogens (tertiary/aromatic N) is 4. The Bertz CT molecular complexity index is 780. The second-order valence-electron chi connectivity index (χ2n) is 8.47. The van der Waals surface area contributed by atoms with Gasteiger partial charge in [-0.15, -0.1) is 0 Å². The number of halogens is 1. The zero-order valence-electron chi connectivity index (χ0n) is 16.1. The summed E-state index contributed by atoms with van der Waals surface area (Å²) >= 11 is 0. The van der Waals surface area contributed by atoms with Gasteiger partial charge in [0.05, 0.1) is 18.3 Å². The molecule has 3 heterocycles.